The number of nitrogens with two attached hydrogens (primary N) is 1. The number of primary amides is 1. The normalized spacial score (nSPS) is 9.82. The van der Waals surface area contributed by atoms with Crippen LogP contribution in [0.4, 0.5) is 0 Å². The molecule has 0 fully saturated rings. The summed E-state index contributed by atoms with van der Waals surface area (Å²) in [6, 6.07) is 0. The highest BCUT2D eigenvalue weighted by Crippen LogP contribution is 2.21. The monoisotopic (exact) mass is 206 g/mol. The molecule has 1 aromatic rings. The van der Waals surface area contributed by atoms with E-state index in [1.165, 1.54) is 23.1 Å². The van der Waals surface area contributed by atoms with Gasteiger partial charge in [-0.25, -0.2) is 0 Å². The van der Waals surface area contributed by atoms with Crippen molar-refractivity contribution in [3.63, 3.8) is 0 Å². The number of amides is 1. The minimum Gasteiger partial charge on any atom is -0.406 e. The summed E-state index contributed by atoms with van der Waals surface area (Å²) in [5.41, 5.74) is 4.92. The van der Waals surface area contributed by atoms with Crippen LogP contribution in [0.15, 0.2) is 8.68 Å². The molecule has 0 aliphatic heterocycles. The van der Waals surface area contributed by atoms with Crippen LogP contribution in [0.5, 0.6) is 0 Å². The number of nitrogens with zero attached hydrogens (tertiary/aromatic N) is 2. The van der Waals surface area contributed by atoms with E-state index in [1.54, 1.807) is 0 Å². The predicted molar refractivity (Wildman–Crippen MR) is 45.5 cm³/mol. The van der Waals surface area contributed by atoms with E-state index in [0.29, 0.717) is 8.68 Å². The van der Waals surface area contributed by atoms with Gasteiger partial charge in [-0.3, -0.25) is 4.79 Å². The van der Waals surface area contributed by atoms with E-state index in [1.807, 2.05) is 0 Å². The third kappa shape index (κ3) is 3.00. The van der Waals surface area contributed by atoms with Crippen LogP contribution in [-0.4, -0.2) is 21.9 Å². The molecule has 0 unspecified atom stereocenters. The van der Waals surface area contributed by atoms with Crippen LogP contribution in [0.3, 0.4) is 0 Å². The molecule has 1 aromatic heterocycles. The van der Waals surface area contributed by atoms with Crippen molar-refractivity contribution in [1.82, 2.24) is 10.2 Å². The number of hydrogen-bond donors (Lipinski definition) is 1. The van der Waals surface area contributed by atoms with Gasteiger partial charge in [0.15, 0.2) is 0 Å². The highest BCUT2D eigenvalue weighted by atomic mass is 32.2. The Hall–Kier alpha value is -0.400. The maximum absolute atomic E-state index is 10.3. The quantitative estimate of drug-likeness (QED) is 0.558. The Labute approximate surface area is 77.0 Å². The molecule has 0 bridgehead atoms. The number of aromatic nitrogens is 2. The largest absolute Gasteiger partial charge is 0.406 e. The first-order chi connectivity index (χ1) is 5.18. The fraction of sp³-hybridized carbons (Fsp3) is 0.250. The molecule has 7 heteroatoms. The maximum atomic E-state index is 10.3. The fourth-order valence-electron chi connectivity index (χ4n) is 0.388. The Balaban J connectivity index is 2.45. The summed E-state index contributed by atoms with van der Waals surface area (Å²) >= 11 is 7.26. The summed E-state index contributed by atoms with van der Waals surface area (Å²) in [6.07, 6.45) is 0. The van der Waals surface area contributed by atoms with Crippen molar-refractivity contribution >= 4 is 41.6 Å². The predicted octanol–water partition coefficient (Wildman–Crippen LogP) is 0.0213. The van der Waals surface area contributed by atoms with Gasteiger partial charge in [0, 0.05) is 0 Å². The molecule has 1 heterocycles. The number of carbonyl (C=O) groups excluding carboxylic acids is 1. The van der Waals surface area contributed by atoms with Gasteiger partial charge in [0.25, 0.3) is 0 Å². The van der Waals surface area contributed by atoms with Gasteiger partial charge >= 0.3 is 0 Å². The lowest BCUT2D eigenvalue weighted by atomic mass is 10.8. The zero-order valence-corrected chi connectivity index (χ0v) is 7.76. The van der Waals surface area contributed by atoms with Gasteiger partial charge in [-0.05, 0) is 4.34 Å². The van der Waals surface area contributed by atoms with Crippen LogP contribution >= 0.6 is 23.1 Å². The fourth-order valence-corrected chi connectivity index (χ4v) is 2.15. The summed E-state index contributed by atoms with van der Waals surface area (Å²) < 4.78 is 1.17. The molecule has 11 heavy (non-hydrogen) atoms. The summed E-state index contributed by atoms with van der Waals surface area (Å²) in [4.78, 5) is 10.3. The van der Waals surface area contributed by atoms with E-state index in [-0.39, 0.29) is 11.7 Å². The van der Waals surface area contributed by atoms with Crippen molar-refractivity contribution in [1.29, 1.82) is 0 Å². The Morgan fingerprint density at radius 2 is 2.45 bits per heavy atom. The van der Waals surface area contributed by atoms with Gasteiger partial charge in [-0.1, -0.05) is 0 Å². The van der Waals surface area contributed by atoms with Crippen molar-refractivity contribution in [2.75, 3.05) is 5.75 Å². The number of rotatable bonds is 3. The zero-order chi connectivity index (χ0) is 8.27. The molecule has 0 aliphatic carbocycles. The minimum absolute atomic E-state index is 0.226. The lowest BCUT2D eigenvalue weighted by Crippen LogP contribution is -2.12. The molecule has 60 valence electrons. The summed E-state index contributed by atoms with van der Waals surface area (Å²) in [6.45, 7) is 0. The zero-order valence-electron chi connectivity index (χ0n) is 5.31. The number of hydrogen-bond acceptors (Lipinski definition) is 6. The van der Waals surface area contributed by atoms with E-state index in [2.05, 4.69) is 10.2 Å². The highest BCUT2D eigenvalue weighted by Gasteiger charge is 1.96. The van der Waals surface area contributed by atoms with Crippen molar-refractivity contribution < 1.29 is 4.79 Å². The molecular formula is C4H4N3OS3-. The van der Waals surface area contributed by atoms with Gasteiger partial charge < -0.3 is 29.7 Å². The second kappa shape index (κ2) is 3.84. The average molecular weight is 206 g/mol. The van der Waals surface area contributed by atoms with Crippen molar-refractivity contribution in [3.05, 3.63) is 0 Å². The Bertz CT molecular complexity index is 261. The standard InChI is InChI=1S/C4H5N3OS3/c5-2(8)1-10-4-7-6-3(9)11-4/h1H2,(H2,5,8)(H,6,9)/p-1. The van der Waals surface area contributed by atoms with Crippen molar-refractivity contribution in [2.24, 2.45) is 5.73 Å². The third-order valence-electron chi connectivity index (χ3n) is 0.726. The molecule has 0 atom stereocenters. The van der Waals surface area contributed by atoms with Gasteiger partial charge in [0.1, 0.15) is 0 Å². The molecule has 2 N–H and O–H groups in total. The smallest absolute Gasteiger partial charge is 0.227 e. The molecule has 1 amide bonds. The van der Waals surface area contributed by atoms with Crippen molar-refractivity contribution in [3.8, 4) is 0 Å². The average Bonchev–Trinajstić information content (AvgIpc) is 2.31. The topological polar surface area (TPSA) is 68.9 Å². The summed E-state index contributed by atoms with van der Waals surface area (Å²) in [5.74, 6) is -0.139. The van der Waals surface area contributed by atoms with E-state index < -0.39 is 0 Å². The van der Waals surface area contributed by atoms with E-state index in [0.717, 1.165) is 0 Å². The second-order valence-electron chi connectivity index (χ2n) is 1.59. The Morgan fingerprint density at radius 1 is 1.73 bits per heavy atom. The van der Waals surface area contributed by atoms with Crippen LogP contribution in [0.2, 0.25) is 0 Å². The van der Waals surface area contributed by atoms with Gasteiger partial charge in [0.05, 0.1) is 10.1 Å². The number of thioether (sulfide) groups is 1. The van der Waals surface area contributed by atoms with Crippen LogP contribution in [0, 0.1) is 0 Å². The van der Waals surface area contributed by atoms with Crippen LogP contribution in [0.1, 0.15) is 0 Å². The van der Waals surface area contributed by atoms with E-state index in [9.17, 15) is 4.79 Å². The second-order valence-corrected chi connectivity index (χ2v) is 4.43. The van der Waals surface area contributed by atoms with Crippen LogP contribution in [0.25, 0.3) is 0 Å². The molecule has 0 aliphatic rings. The Morgan fingerprint density at radius 3 is 2.91 bits per heavy atom. The van der Waals surface area contributed by atoms with Crippen molar-refractivity contribution in [2.45, 2.75) is 8.68 Å². The van der Waals surface area contributed by atoms with Gasteiger partial charge in [0.2, 0.25) is 5.91 Å². The molecule has 0 saturated carbocycles. The van der Waals surface area contributed by atoms with Gasteiger partial charge in [-0.15, -0.1) is 11.8 Å². The lowest BCUT2D eigenvalue weighted by molar-refractivity contribution is -0.115. The number of carbonyl (C=O) groups is 1. The Kier molecular flexibility index (Phi) is 3.03. The van der Waals surface area contributed by atoms with E-state index >= 15 is 0 Å². The van der Waals surface area contributed by atoms with Crippen LogP contribution in [-0.2, 0) is 17.4 Å². The third-order valence-corrected chi connectivity index (χ3v) is 2.93. The van der Waals surface area contributed by atoms with E-state index in [4.69, 9.17) is 18.4 Å². The highest BCUT2D eigenvalue weighted by molar-refractivity contribution is 8.01. The minimum atomic E-state index is -0.365. The first kappa shape index (κ1) is 8.69. The van der Waals surface area contributed by atoms with Gasteiger partial charge in [-0.2, -0.15) is 10.2 Å². The summed E-state index contributed by atoms with van der Waals surface area (Å²) in [7, 11) is 0. The molecule has 0 saturated heterocycles. The molecular weight excluding hydrogens is 202 g/mol. The first-order valence-electron chi connectivity index (χ1n) is 2.60. The maximum Gasteiger partial charge on any atom is 0.227 e. The molecule has 1 rings (SSSR count). The first-order valence-corrected chi connectivity index (χ1v) is 4.81. The molecule has 4 nitrogen and oxygen atoms in total. The summed E-state index contributed by atoms with van der Waals surface area (Å²) in [5, 5.41) is 7.31. The molecule has 0 radical (unpaired) electrons. The van der Waals surface area contributed by atoms with Crippen LogP contribution < -0.4 is 5.73 Å². The SMILES string of the molecule is NC(=O)CSc1nnc([S-])s1. The molecule has 0 aromatic carbocycles. The lowest BCUT2D eigenvalue weighted by Gasteiger charge is -1.93. The molecule has 0 spiro atoms.